The quantitative estimate of drug-likeness (QED) is 0.0536. The molecule has 0 aromatic carbocycles. The average Bonchev–Trinajstić information content (AvgIpc) is 3.41. The van der Waals surface area contributed by atoms with E-state index in [1.165, 1.54) is 5.71 Å². The van der Waals surface area contributed by atoms with Gasteiger partial charge in [0.25, 0.3) is 0 Å². The number of carbonyl (C=O) groups is 1. The van der Waals surface area contributed by atoms with Crippen molar-refractivity contribution in [2.24, 2.45) is 28.6 Å². The van der Waals surface area contributed by atoms with E-state index in [0.717, 1.165) is 50.8 Å². The Kier molecular flexibility index (Phi) is 12.4. The van der Waals surface area contributed by atoms with Crippen LogP contribution in [-0.4, -0.2) is 91.6 Å². The highest BCUT2D eigenvalue weighted by Gasteiger charge is 2.56. The van der Waals surface area contributed by atoms with E-state index in [2.05, 4.69) is 49.3 Å². The fourth-order valence-corrected chi connectivity index (χ4v) is 11.6. The van der Waals surface area contributed by atoms with Gasteiger partial charge in [-0.3, -0.25) is 25.0 Å². The van der Waals surface area contributed by atoms with Crippen LogP contribution in [0.25, 0.3) is 0 Å². The standard InChI is InChI=1S/C38H58N4O9S/c1-37(2)30-13-10-11-14-32(30)40(25-26-21-27(41(45)46)23-28(22-26)42(47)48)35(37)16-8-5-7-15-34-38(3,4)31-24-29(52(49,50)51)18-19-33(31)39(34)20-12-6-9-17-36(43)44/h5,7-8,15-16,26-33H,6,9-14,17-25H2,1-4H3,(H-,43,44,49,50,51). The van der Waals surface area contributed by atoms with Gasteiger partial charge in [0.1, 0.15) is 6.54 Å². The molecule has 0 bridgehead atoms. The first-order chi connectivity index (χ1) is 24.4. The number of carboxylic acids is 1. The molecule has 2 heterocycles. The predicted molar refractivity (Wildman–Crippen MR) is 196 cm³/mol. The summed E-state index contributed by atoms with van der Waals surface area (Å²) in [4.78, 5) is 36.3. The first kappa shape index (κ1) is 40.1. The molecule has 3 saturated carbocycles. The maximum atomic E-state index is 12.0. The molecule has 14 heteroatoms. The van der Waals surface area contributed by atoms with Gasteiger partial charge in [-0.15, -0.1) is 0 Å². The number of rotatable bonds is 14. The predicted octanol–water partition coefficient (Wildman–Crippen LogP) is 6.19. The van der Waals surface area contributed by atoms with Crippen molar-refractivity contribution >= 4 is 21.8 Å². The molecule has 5 aliphatic rings. The lowest BCUT2D eigenvalue weighted by atomic mass is 9.69. The van der Waals surface area contributed by atoms with Crippen molar-refractivity contribution in [3.63, 3.8) is 0 Å². The minimum atomic E-state index is -4.39. The molecule has 52 heavy (non-hydrogen) atoms. The van der Waals surface area contributed by atoms with E-state index >= 15 is 0 Å². The van der Waals surface area contributed by atoms with Gasteiger partial charge in [-0.25, -0.2) is 13.0 Å². The Balaban J connectivity index is 1.40. The molecule has 0 spiro atoms. The largest absolute Gasteiger partial charge is 0.748 e. The third-order valence-electron chi connectivity index (χ3n) is 13.3. The third kappa shape index (κ3) is 8.63. The molecule has 1 saturated heterocycles. The zero-order chi connectivity index (χ0) is 38.0. The maximum absolute atomic E-state index is 12.0. The molecule has 7 unspecified atom stereocenters. The van der Waals surface area contributed by atoms with Gasteiger partial charge in [-0.05, 0) is 70.8 Å². The second-order valence-electron chi connectivity index (χ2n) is 17.2. The van der Waals surface area contributed by atoms with Gasteiger partial charge in [0.05, 0.1) is 22.0 Å². The lowest BCUT2D eigenvalue weighted by molar-refractivity contribution is -0.592. The Hall–Kier alpha value is -3.13. The molecule has 13 nitrogen and oxygen atoms in total. The molecule has 5 rings (SSSR count). The van der Waals surface area contributed by atoms with Crippen LogP contribution in [-0.2, 0) is 14.9 Å². The molecule has 290 valence electrons. The van der Waals surface area contributed by atoms with Crippen LogP contribution in [0.4, 0.5) is 0 Å². The summed E-state index contributed by atoms with van der Waals surface area (Å²) >= 11 is 0. The Morgan fingerprint density at radius 3 is 2.19 bits per heavy atom. The number of unbranched alkanes of at least 4 members (excludes halogenated alkanes) is 2. The Morgan fingerprint density at radius 2 is 1.56 bits per heavy atom. The van der Waals surface area contributed by atoms with Crippen molar-refractivity contribution in [3.05, 3.63) is 56.3 Å². The summed E-state index contributed by atoms with van der Waals surface area (Å²) in [5.41, 5.74) is 1.75. The molecule has 3 aliphatic carbocycles. The van der Waals surface area contributed by atoms with Crippen LogP contribution < -0.4 is 0 Å². The first-order valence-electron chi connectivity index (χ1n) is 19.3. The van der Waals surface area contributed by atoms with Crippen LogP contribution in [0.2, 0.25) is 0 Å². The molecular weight excluding hydrogens is 689 g/mol. The molecule has 2 aliphatic heterocycles. The average molecular weight is 747 g/mol. The Bertz CT molecular complexity index is 1580. The number of likely N-dealkylation sites (tertiary alicyclic amines) is 1. The second-order valence-corrected chi connectivity index (χ2v) is 18.8. The zero-order valence-electron chi connectivity index (χ0n) is 31.2. The summed E-state index contributed by atoms with van der Waals surface area (Å²) in [5.74, 6) is -0.512. The van der Waals surface area contributed by atoms with E-state index in [-0.39, 0.29) is 51.4 Å². The van der Waals surface area contributed by atoms with Crippen molar-refractivity contribution in [2.45, 2.75) is 147 Å². The van der Waals surface area contributed by atoms with Crippen molar-refractivity contribution in [2.75, 3.05) is 13.1 Å². The summed E-state index contributed by atoms with van der Waals surface area (Å²) in [7, 11) is -4.39. The summed E-state index contributed by atoms with van der Waals surface area (Å²) in [6.07, 6.45) is 19.0. The van der Waals surface area contributed by atoms with Gasteiger partial charge in [-0.2, -0.15) is 0 Å². The number of allylic oxidation sites excluding steroid dienone is 6. The highest BCUT2D eigenvalue weighted by Crippen LogP contribution is 2.54. The van der Waals surface area contributed by atoms with Gasteiger partial charge >= 0.3 is 5.97 Å². The third-order valence-corrected chi connectivity index (χ3v) is 14.6. The van der Waals surface area contributed by atoms with Crippen LogP contribution in [0.5, 0.6) is 0 Å². The number of nitro groups is 2. The number of nitrogens with zero attached hydrogens (tertiary/aromatic N) is 4. The minimum absolute atomic E-state index is 0.000493. The normalized spacial score (nSPS) is 33.9. The summed E-state index contributed by atoms with van der Waals surface area (Å²) < 4.78 is 38.5. The van der Waals surface area contributed by atoms with Crippen molar-refractivity contribution in [1.29, 1.82) is 0 Å². The topological polar surface area (TPSA) is 187 Å². The molecule has 1 N–H and O–H groups in total. The molecule has 4 fully saturated rings. The van der Waals surface area contributed by atoms with E-state index in [4.69, 9.17) is 5.11 Å². The van der Waals surface area contributed by atoms with E-state index in [1.54, 1.807) is 0 Å². The summed E-state index contributed by atoms with van der Waals surface area (Å²) in [6, 6.07) is -1.39. The second kappa shape index (κ2) is 16.1. The Labute approximate surface area is 308 Å². The highest BCUT2D eigenvalue weighted by molar-refractivity contribution is 7.86. The maximum Gasteiger partial charge on any atom is 0.303 e. The van der Waals surface area contributed by atoms with Gasteiger partial charge in [0.2, 0.25) is 12.1 Å². The summed E-state index contributed by atoms with van der Waals surface area (Å²) in [5, 5.41) is 31.7. The van der Waals surface area contributed by atoms with Gasteiger partial charge in [0.15, 0.2) is 11.8 Å². The lowest BCUT2D eigenvalue weighted by Crippen LogP contribution is -2.43. The fraction of sp³-hybridized carbons (Fsp3) is 0.789. The van der Waals surface area contributed by atoms with E-state index in [1.807, 2.05) is 18.2 Å². The van der Waals surface area contributed by atoms with Crippen molar-refractivity contribution in [1.82, 2.24) is 4.90 Å². The van der Waals surface area contributed by atoms with Gasteiger partial charge < -0.3 is 14.6 Å². The number of carboxylic acid groups (broad SMARTS) is 1. The van der Waals surface area contributed by atoms with Gasteiger partial charge in [-0.1, -0.05) is 44.9 Å². The summed E-state index contributed by atoms with van der Waals surface area (Å²) in [6.45, 7) is 10.1. The van der Waals surface area contributed by atoms with E-state index in [0.29, 0.717) is 57.0 Å². The first-order valence-corrected chi connectivity index (χ1v) is 20.8. The zero-order valence-corrected chi connectivity index (χ0v) is 32.0. The van der Waals surface area contributed by atoms with E-state index < -0.39 is 33.4 Å². The Morgan fingerprint density at radius 1 is 0.885 bits per heavy atom. The highest BCUT2D eigenvalue weighted by atomic mass is 32.2. The minimum Gasteiger partial charge on any atom is -0.748 e. The van der Waals surface area contributed by atoms with Crippen LogP contribution in [0.15, 0.2) is 36.1 Å². The number of hydrogen-bond donors (Lipinski definition) is 1. The number of fused-ring (bicyclic) bond motifs is 2. The lowest BCUT2D eigenvalue weighted by Gasteiger charge is -2.39. The van der Waals surface area contributed by atoms with Gasteiger partial charge in [0, 0.05) is 82.4 Å². The van der Waals surface area contributed by atoms with Crippen molar-refractivity contribution < 1.29 is 37.3 Å². The molecule has 7 atom stereocenters. The van der Waals surface area contributed by atoms with Crippen LogP contribution in [0.1, 0.15) is 118 Å². The molecule has 0 aromatic rings. The smallest absolute Gasteiger partial charge is 0.303 e. The number of hydrogen-bond acceptors (Lipinski definition) is 9. The van der Waals surface area contributed by atoms with E-state index in [9.17, 15) is 38.0 Å². The molecule has 0 radical (unpaired) electrons. The SMILES string of the molecule is CC1(C)C(/C=C/C=C/C=C2/N(CCCCCC(=O)O)C3CCC(S(=O)(=O)[O-])CC3C2(C)C)=[N+](CC2CC([N+](=O)[O-])CC([N+](=O)[O-])C2)C2CCCCC21. The molecule has 0 amide bonds. The monoisotopic (exact) mass is 746 g/mol. The van der Waals surface area contributed by atoms with Crippen LogP contribution >= 0.6 is 0 Å². The number of aliphatic carboxylic acids is 1. The van der Waals surface area contributed by atoms with Crippen molar-refractivity contribution in [3.8, 4) is 0 Å². The van der Waals surface area contributed by atoms with Crippen LogP contribution in [0.3, 0.4) is 0 Å². The molecular formula is C38H58N4O9S. The molecule has 0 aromatic heterocycles. The van der Waals surface area contributed by atoms with Crippen LogP contribution in [0, 0.1) is 48.8 Å². The fourth-order valence-electron chi connectivity index (χ4n) is 10.7.